The number of nitrogens with two attached hydrogens (primary N) is 1. The van der Waals surface area contributed by atoms with Crippen LogP contribution in [0.3, 0.4) is 0 Å². The van der Waals surface area contributed by atoms with Crippen molar-refractivity contribution in [2.75, 3.05) is 5.84 Å². The second-order valence-corrected chi connectivity index (χ2v) is 8.44. The van der Waals surface area contributed by atoms with E-state index in [0.717, 1.165) is 22.4 Å². The summed E-state index contributed by atoms with van der Waals surface area (Å²) in [4.78, 5) is 7.89. The third-order valence-electron chi connectivity index (χ3n) is 4.45. The summed E-state index contributed by atoms with van der Waals surface area (Å²) in [5.74, 6) is 8.43. The number of H-pyrrole nitrogens is 1. The van der Waals surface area contributed by atoms with Crippen LogP contribution in [0.5, 0.6) is 0 Å². The number of benzene rings is 2. The van der Waals surface area contributed by atoms with E-state index in [0.29, 0.717) is 16.7 Å². The van der Waals surface area contributed by atoms with Gasteiger partial charge in [0.05, 0.1) is 16.8 Å². The van der Waals surface area contributed by atoms with Gasteiger partial charge >= 0.3 is 0 Å². The number of aromatic amines is 1. The first-order chi connectivity index (χ1) is 12.9. The van der Waals surface area contributed by atoms with E-state index in [4.69, 9.17) is 5.84 Å². The predicted octanol–water partition coefficient (Wildman–Crippen LogP) is 4.13. The average Bonchev–Trinajstić information content (AvgIpc) is 3.22. The Labute approximate surface area is 162 Å². The Morgan fingerprint density at radius 3 is 2.48 bits per heavy atom. The summed E-state index contributed by atoms with van der Waals surface area (Å²) < 4.78 is 1.54. The van der Waals surface area contributed by atoms with Gasteiger partial charge in [-0.05, 0) is 23.1 Å². The van der Waals surface area contributed by atoms with Gasteiger partial charge in [-0.25, -0.2) is 9.66 Å². The van der Waals surface area contributed by atoms with Gasteiger partial charge < -0.3 is 10.8 Å². The Balaban J connectivity index is 1.51. The quantitative estimate of drug-likeness (QED) is 0.412. The Morgan fingerprint density at radius 2 is 1.78 bits per heavy atom. The number of hydrogen-bond acceptors (Lipinski definition) is 5. The molecule has 0 spiro atoms. The highest BCUT2D eigenvalue weighted by Crippen LogP contribution is 2.27. The smallest absolute Gasteiger partial charge is 0.210 e. The van der Waals surface area contributed by atoms with E-state index >= 15 is 0 Å². The highest BCUT2D eigenvalue weighted by atomic mass is 32.2. The van der Waals surface area contributed by atoms with Gasteiger partial charge in [-0.15, -0.1) is 10.2 Å². The van der Waals surface area contributed by atoms with Crippen molar-refractivity contribution in [2.45, 2.75) is 37.1 Å². The number of thioether (sulfide) groups is 1. The van der Waals surface area contributed by atoms with E-state index in [9.17, 15) is 0 Å². The van der Waals surface area contributed by atoms with Crippen LogP contribution in [0.4, 0.5) is 0 Å². The highest BCUT2D eigenvalue weighted by molar-refractivity contribution is 7.98. The third-order valence-corrected chi connectivity index (χ3v) is 5.40. The lowest BCUT2D eigenvalue weighted by Crippen LogP contribution is -2.12. The molecule has 138 valence electrons. The number of fused-ring (bicyclic) bond motifs is 1. The van der Waals surface area contributed by atoms with Gasteiger partial charge in [0.1, 0.15) is 5.82 Å². The van der Waals surface area contributed by atoms with E-state index in [2.05, 4.69) is 53.1 Å². The fourth-order valence-electron chi connectivity index (χ4n) is 2.90. The van der Waals surface area contributed by atoms with Gasteiger partial charge in [-0.1, -0.05) is 68.9 Å². The minimum absolute atomic E-state index is 0.114. The number of rotatable bonds is 4. The topological polar surface area (TPSA) is 85.4 Å². The highest BCUT2D eigenvalue weighted by Gasteiger charge is 2.16. The SMILES string of the molecule is CC(C)(C)c1ccc(-c2nnc(SCc3nc4ccccc4[nH]3)n2N)cc1. The standard InChI is InChI=1S/C20H22N6S/c1-20(2,3)14-10-8-13(9-11-14)18-24-25-19(26(18)21)27-12-17-22-15-6-4-5-7-16(15)23-17/h4-11H,12,21H2,1-3H3,(H,22,23). The van der Waals surface area contributed by atoms with Gasteiger partial charge in [0.15, 0.2) is 5.82 Å². The molecule has 0 saturated heterocycles. The Kier molecular flexibility index (Phi) is 4.39. The summed E-state index contributed by atoms with van der Waals surface area (Å²) in [5, 5.41) is 9.17. The molecular formula is C20H22N6S. The van der Waals surface area contributed by atoms with Gasteiger partial charge in [0.2, 0.25) is 5.16 Å². The molecule has 0 bridgehead atoms. The molecule has 0 fully saturated rings. The van der Waals surface area contributed by atoms with Crippen LogP contribution >= 0.6 is 11.8 Å². The van der Waals surface area contributed by atoms with Crippen LogP contribution in [0.15, 0.2) is 53.7 Å². The molecule has 2 aromatic carbocycles. The molecule has 0 aliphatic carbocycles. The van der Waals surface area contributed by atoms with Crippen molar-refractivity contribution in [3.8, 4) is 11.4 Å². The number of hydrogen-bond donors (Lipinski definition) is 2. The molecule has 0 unspecified atom stereocenters. The molecule has 3 N–H and O–H groups in total. The summed E-state index contributed by atoms with van der Waals surface area (Å²) in [7, 11) is 0. The summed E-state index contributed by atoms with van der Waals surface area (Å²) in [6, 6.07) is 16.3. The molecule has 4 rings (SSSR count). The largest absolute Gasteiger partial charge is 0.341 e. The maximum atomic E-state index is 6.24. The van der Waals surface area contributed by atoms with Crippen LogP contribution in [0.25, 0.3) is 22.4 Å². The van der Waals surface area contributed by atoms with E-state index < -0.39 is 0 Å². The second kappa shape index (κ2) is 6.74. The Morgan fingerprint density at radius 1 is 1.04 bits per heavy atom. The van der Waals surface area contributed by atoms with Crippen LogP contribution in [0, 0.1) is 0 Å². The van der Waals surface area contributed by atoms with Crippen molar-refractivity contribution in [1.82, 2.24) is 24.8 Å². The Bertz CT molecular complexity index is 1040. The zero-order valence-corrected chi connectivity index (χ0v) is 16.4. The fraction of sp³-hybridized carbons (Fsp3) is 0.250. The number of nitrogens with zero attached hydrogens (tertiary/aromatic N) is 4. The molecule has 27 heavy (non-hydrogen) atoms. The molecule has 0 aliphatic heterocycles. The lowest BCUT2D eigenvalue weighted by atomic mass is 9.87. The maximum absolute atomic E-state index is 6.24. The molecule has 0 amide bonds. The summed E-state index contributed by atoms with van der Waals surface area (Å²) in [6.07, 6.45) is 0. The number of imidazole rings is 1. The van der Waals surface area contributed by atoms with Crippen LogP contribution in [-0.2, 0) is 11.2 Å². The zero-order chi connectivity index (χ0) is 19.0. The van der Waals surface area contributed by atoms with E-state index in [1.54, 1.807) is 4.68 Å². The lowest BCUT2D eigenvalue weighted by Gasteiger charge is -2.19. The first-order valence-electron chi connectivity index (χ1n) is 8.79. The molecule has 0 radical (unpaired) electrons. The van der Waals surface area contributed by atoms with E-state index in [1.807, 2.05) is 36.4 Å². The van der Waals surface area contributed by atoms with Crippen molar-refractivity contribution in [1.29, 1.82) is 0 Å². The zero-order valence-electron chi connectivity index (χ0n) is 15.6. The molecule has 7 heteroatoms. The van der Waals surface area contributed by atoms with Crippen LogP contribution < -0.4 is 5.84 Å². The molecular weight excluding hydrogens is 356 g/mol. The molecule has 0 saturated carbocycles. The third kappa shape index (κ3) is 3.55. The van der Waals surface area contributed by atoms with E-state index in [1.165, 1.54) is 17.3 Å². The monoisotopic (exact) mass is 378 g/mol. The van der Waals surface area contributed by atoms with Gasteiger partial charge in [0.25, 0.3) is 0 Å². The van der Waals surface area contributed by atoms with Crippen molar-refractivity contribution in [3.05, 3.63) is 59.9 Å². The predicted molar refractivity (Wildman–Crippen MR) is 110 cm³/mol. The van der Waals surface area contributed by atoms with Gasteiger partial charge in [-0.2, -0.15) is 0 Å². The molecule has 0 atom stereocenters. The number of nitrogens with one attached hydrogen (secondary N) is 1. The first kappa shape index (κ1) is 17.6. The second-order valence-electron chi connectivity index (χ2n) is 7.49. The molecule has 2 aromatic heterocycles. The molecule has 2 heterocycles. The fourth-order valence-corrected chi connectivity index (χ4v) is 3.63. The number of para-hydroxylation sites is 2. The van der Waals surface area contributed by atoms with Gasteiger partial charge in [0, 0.05) is 5.56 Å². The van der Waals surface area contributed by atoms with Gasteiger partial charge in [-0.3, -0.25) is 0 Å². The summed E-state index contributed by atoms with van der Waals surface area (Å²) in [5.41, 5.74) is 4.33. The maximum Gasteiger partial charge on any atom is 0.210 e. The minimum Gasteiger partial charge on any atom is -0.341 e. The molecule has 6 nitrogen and oxygen atoms in total. The summed E-state index contributed by atoms with van der Waals surface area (Å²) in [6.45, 7) is 6.58. The van der Waals surface area contributed by atoms with Crippen molar-refractivity contribution < 1.29 is 0 Å². The van der Waals surface area contributed by atoms with E-state index in [-0.39, 0.29) is 5.41 Å². The van der Waals surface area contributed by atoms with Crippen LogP contribution in [0.2, 0.25) is 0 Å². The molecule has 4 aromatic rings. The van der Waals surface area contributed by atoms with Crippen LogP contribution in [-0.4, -0.2) is 24.8 Å². The van der Waals surface area contributed by atoms with Crippen molar-refractivity contribution in [2.24, 2.45) is 0 Å². The van der Waals surface area contributed by atoms with Crippen LogP contribution in [0.1, 0.15) is 32.2 Å². The van der Waals surface area contributed by atoms with Crippen molar-refractivity contribution >= 4 is 22.8 Å². The number of aromatic nitrogens is 5. The molecule has 0 aliphatic rings. The normalized spacial score (nSPS) is 12.0. The Hall–Kier alpha value is -2.80. The average molecular weight is 379 g/mol. The number of nitrogen functional groups attached to an aromatic ring is 1. The first-order valence-corrected chi connectivity index (χ1v) is 9.78. The lowest BCUT2D eigenvalue weighted by molar-refractivity contribution is 0.590. The summed E-state index contributed by atoms with van der Waals surface area (Å²) >= 11 is 1.51. The van der Waals surface area contributed by atoms with Crippen molar-refractivity contribution in [3.63, 3.8) is 0 Å². The minimum atomic E-state index is 0.114.